The number of thioether (sulfide) groups is 1. The van der Waals surface area contributed by atoms with E-state index in [2.05, 4.69) is 5.32 Å². The van der Waals surface area contributed by atoms with Crippen LogP contribution in [0.25, 0.3) is 0 Å². The summed E-state index contributed by atoms with van der Waals surface area (Å²) >= 11 is 3.38. The molecule has 1 aliphatic rings. The highest BCUT2D eigenvalue weighted by Crippen LogP contribution is 2.39. The Labute approximate surface area is 120 Å². The third kappa shape index (κ3) is 3.63. The summed E-state index contributed by atoms with van der Waals surface area (Å²) in [7, 11) is 0. The van der Waals surface area contributed by atoms with Crippen molar-refractivity contribution in [2.75, 3.05) is 25.4 Å². The third-order valence-corrected chi connectivity index (χ3v) is 4.94. The Bertz CT molecular complexity index is 436. The van der Waals surface area contributed by atoms with Crippen molar-refractivity contribution in [1.82, 2.24) is 10.2 Å². The van der Waals surface area contributed by atoms with Crippen LogP contribution in [0.3, 0.4) is 0 Å². The van der Waals surface area contributed by atoms with Crippen molar-refractivity contribution in [3.63, 3.8) is 0 Å². The molecule has 1 fully saturated rings. The van der Waals surface area contributed by atoms with Gasteiger partial charge in [-0.1, -0.05) is 6.07 Å². The fraction of sp³-hybridized carbons (Fsp3) is 0.500. The number of nitrogens with one attached hydrogen (secondary N) is 1. The molecule has 1 N–H and O–H groups in total. The van der Waals surface area contributed by atoms with Crippen LogP contribution >= 0.6 is 23.1 Å². The molecule has 1 aliphatic heterocycles. The zero-order chi connectivity index (χ0) is 13.7. The Morgan fingerprint density at radius 3 is 3.11 bits per heavy atom. The van der Waals surface area contributed by atoms with E-state index in [9.17, 15) is 9.59 Å². The number of urea groups is 1. The lowest BCUT2D eigenvalue weighted by atomic mass is 10.4. The summed E-state index contributed by atoms with van der Waals surface area (Å²) < 4.78 is 4.78. The molecule has 1 unspecified atom stereocenters. The minimum atomic E-state index is -0.407. The second-order valence-corrected chi connectivity index (χ2v) is 6.06. The fourth-order valence-corrected chi connectivity index (χ4v) is 4.04. The molecule has 0 saturated carbocycles. The lowest BCUT2D eigenvalue weighted by Gasteiger charge is -2.22. The van der Waals surface area contributed by atoms with Crippen LogP contribution in [-0.4, -0.2) is 42.3 Å². The van der Waals surface area contributed by atoms with Crippen LogP contribution in [0.15, 0.2) is 17.5 Å². The highest BCUT2D eigenvalue weighted by Gasteiger charge is 2.31. The molecule has 2 rings (SSSR count). The van der Waals surface area contributed by atoms with Crippen LogP contribution < -0.4 is 5.32 Å². The molecule has 1 aromatic heterocycles. The first kappa shape index (κ1) is 14.2. The number of nitrogens with zero attached hydrogens (tertiary/aromatic N) is 1. The topological polar surface area (TPSA) is 58.6 Å². The van der Waals surface area contributed by atoms with Gasteiger partial charge in [0.05, 0.1) is 6.61 Å². The van der Waals surface area contributed by atoms with Gasteiger partial charge in [0.25, 0.3) is 0 Å². The molecule has 1 aromatic rings. The van der Waals surface area contributed by atoms with Gasteiger partial charge in [-0.05, 0) is 18.4 Å². The normalized spacial score (nSPS) is 18.4. The number of carbonyl (C=O) groups is 2. The predicted molar refractivity (Wildman–Crippen MR) is 76.3 cm³/mol. The van der Waals surface area contributed by atoms with Crippen LogP contribution in [0.2, 0.25) is 0 Å². The maximum atomic E-state index is 12.1. The molecular formula is C12H16N2O3S2. The molecule has 104 valence electrons. The molecule has 1 saturated heterocycles. The van der Waals surface area contributed by atoms with Gasteiger partial charge in [-0.25, -0.2) is 4.79 Å². The van der Waals surface area contributed by atoms with E-state index in [1.807, 2.05) is 17.5 Å². The molecule has 19 heavy (non-hydrogen) atoms. The van der Waals surface area contributed by atoms with Crippen molar-refractivity contribution < 1.29 is 14.3 Å². The Kier molecular flexibility index (Phi) is 5.09. The summed E-state index contributed by atoms with van der Waals surface area (Å²) in [6.45, 7) is 2.68. The van der Waals surface area contributed by atoms with Crippen molar-refractivity contribution in [1.29, 1.82) is 0 Å². The van der Waals surface area contributed by atoms with Gasteiger partial charge in [0, 0.05) is 17.2 Å². The van der Waals surface area contributed by atoms with E-state index in [1.165, 1.54) is 0 Å². The first-order valence-corrected chi connectivity index (χ1v) is 8.00. The van der Waals surface area contributed by atoms with Crippen molar-refractivity contribution in [2.45, 2.75) is 12.3 Å². The lowest BCUT2D eigenvalue weighted by Crippen LogP contribution is -2.41. The van der Waals surface area contributed by atoms with E-state index in [0.29, 0.717) is 13.2 Å². The molecule has 0 spiro atoms. The Morgan fingerprint density at radius 1 is 1.58 bits per heavy atom. The summed E-state index contributed by atoms with van der Waals surface area (Å²) in [5, 5.41) is 4.67. The minimum absolute atomic E-state index is 0.0576. The first-order valence-electron chi connectivity index (χ1n) is 6.07. The lowest BCUT2D eigenvalue weighted by molar-refractivity contribution is -0.141. The third-order valence-electron chi connectivity index (χ3n) is 2.63. The minimum Gasteiger partial charge on any atom is -0.465 e. The summed E-state index contributed by atoms with van der Waals surface area (Å²) in [5.74, 6) is 0.505. The van der Waals surface area contributed by atoms with E-state index in [-0.39, 0.29) is 17.9 Å². The van der Waals surface area contributed by atoms with Crippen molar-refractivity contribution >= 4 is 35.1 Å². The number of hydrogen-bond acceptors (Lipinski definition) is 5. The zero-order valence-electron chi connectivity index (χ0n) is 10.6. The molecule has 2 amide bonds. The Balaban J connectivity index is 1.89. The van der Waals surface area contributed by atoms with Crippen LogP contribution in [-0.2, 0) is 9.53 Å². The van der Waals surface area contributed by atoms with Crippen molar-refractivity contribution in [3.05, 3.63) is 22.4 Å². The molecule has 1 atom stereocenters. The highest BCUT2D eigenvalue weighted by atomic mass is 32.2. The average Bonchev–Trinajstić information content (AvgIpc) is 3.05. The van der Waals surface area contributed by atoms with E-state index >= 15 is 0 Å². The largest absolute Gasteiger partial charge is 0.465 e. The van der Waals surface area contributed by atoms with E-state index < -0.39 is 5.97 Å². The van der Waals surface area contributed by atoms with Gasteiger partial charge in [0.15, 0.2) is 0 Å². The Hall–Kier alpha value is -1.21. The first-order chi connectivity index (χ1) is 9.22. The maximum Gasteiger partial charge on any atom is 0.325 e. The monoisotopic (exact) mass is 300 g/mol. The number of amides is 2. The number of rotatable bonds is 4. The molecule has 7 heteroatoms. The number of ether oxygens (including phenoxy) is 1. The highest BCUT2D eigenvalue weighted by molar-refractivity contribution is 7.99. The summed E-state index contributed by atoms with van der Waals surface area (Å²) in [5.41, 5.74) is 0. The van der Waals surface area contributed by atoms with Gasteiger partial charge in [-0.2, -0.15) is 0 Å². The smallest absolute Gasteiger partial charge is 0.325 e. The molecule has 5 nitrogen and oxygen atoms in total. The number of hydrogen-bond donors (Lipinski definition) is 1. The number of carbonyl (C=O) groups excluding carboxylic acids is 2. The van der Waals surface area contributed by atoms with Gasteiger partial charge in [-0.15, -0.1) is 23.1 Å². The summed E-state index contributed by atoms with van der Waals surface area (Å²) in [6.07, 6.45) is 0. The fourth-order valence-electron chi connectivity index (χ4n) is 1.81. The van der Waals surface area contributed by atoms with E-state index in [0.717, 1.165) is 10.6 Å². The van der Waals surface area contributed by atoms with Crippen LogP contribution in [0.1, 0.15) is 17.2 Å². The quantitative estimate of drug-likeness (QED) is 0.865. The number of thiophene rings is 1. The van der Waals surface area contributed by atoms with E-state index in [1.54, 1.807) is 34.9 Å². The van der Waals surface area contributed by atoms with Gasteiger partial charge in [-0.3, -0.25) is 4.79 Å². The van der Waals surface area contributed by atoms with E-state index in [4.69, 9.17) is 4.74 Å². The number of esters is 1. The Morgan fingerprint density at radius 2 is 2.42 bits per heavy atom. The second kappa shape index (κ2) is 6.81. The molecule has 0 aromatic carbocycles. The van der Waals surface area contributed by atoms with Crippen LogP contribution in [0, 0.1) is 0 Å². The van der Waals surface area contributed by atoms with Crippen LogP contribution in [0.5, 0.6) is 0 Å². The maximum absolute atomic E-state index is 12.1. The van der Waals surface area contributed by atoms with Crippen LogP contribution in [0.4, 0.5) is 4.79 Å². The molecule has 0 aliphatic carbocycles. The SMILES string of the molecule is CCOC(=O)CNC(=O)N1CCSC1c1cccs1. The average molecular weight is 300 g/mol. The van der Waals surface area contributed by atoms with Crippen molar-refractivity contribution in [2.24, 2.45) is 0 Å². The van der Waals surface area contributed by atoms with Gasteiger partial charge in [0.1, 0.15) is 11.9 Å². The predicted octanol–water partition coefficient (Wildman–Crippen LogP) is 2.07. The molecular weight excluding hydrogens is 284 g/mol. The summed E-state index contributed by atoms with van der Waals surface area (Å²) in [4.78, 5) is 26.2. The molecule has 2 heterocycles. The molecule has 0 radical (unpaired) electrons. The van der Waals surface area contributed by atoms with Gasteiger partial charge < -0.3 is 15.0 Å². The van der Waals surface area contributed by atoms with Gasteiger partial charge >= 0.3 is 12.0 Å². The standard InChI is InChI=1S/C12H16N2O3S2/c1-2-17-10(15)8-13-12(16)14-5-7-19-11(14)9-4-3-6-18-9/h3-4,6,11H,2,5,7-8H2,1H3,(H,13,16). The second-order valence-electron chi connectivity index (χ2n) is 3.90. The molecule has 0 bridgehead atoms. The van der Waals surface area contributed by atoms with Gasteiger partial charge in [0.2, 0.25) is 0 Å². The zero-order valence-corrected chi connectivity index (χ0v) is 12.3. The summed E-state index contributed by atoms with van der Waals surface area (Å²) in [6, 6.07) is 3.80. The van der Waals surface area contributed by atoms with Crippen molar-refractivity contribution in [3.8, 4) is 0 Å².